The Morgan fingerprint density at radius 2 is 1.93 bits per heavy atom. The fourth-order valence-electron chi connectivity index (χ4n) is 1.21. The number of hydrogen-bond donors (Lipinski definition) is 0. The summed E-state index contributed by atoms with van der Waals surface area (Å²) < 4.78 is 0. The van der Waals surface area contributed by atoms with Gasteiger partial charge in [-0.05, 0) is 6.92 Å². The minimum atomic E-state index is -0.822. The number of Topliss-reactive ketones (excluding diaryl/α,β-unsaturated/α-hetero) is 2. The lowest BCUT2D eigenvalue weighted by Gasteiger charge is -2.03. The van der Waals surface area contributed by atoms with Gasteiger partial charge in [-0.25, -0.2) is 0 Å². The van der Waals surface area contributed by atoms with Gasteiger partial charge < -0.3 is 0 Å². The molecule has 3 heteroatoms. The standard InChI is InChI=1S/C12H11NO2/c1-9(14)11(8-13)7-12(15)10-5-3-2-4-6-10/h2-6,11H,7H2,1H3. The van der Waals surface area contributed by atoms with Crippen LogP contribution in [-0.2, 0) is 4.79 Å². The molecule has 1 aromatic rings. The van der Waals surface area contributed by atoms with Gasteiger partial charge in [0.05, 0.1) is 6.07 Å². The van der Waals surface area contributed by atoms with E-state index < -0.39 is 5.92 Å². The lowest BCUT2D eigenvalue weighted by atomic mass is 9.96. The zero-order chi connectivity index (χ0) is 11.3. The monoisotopic (exact) mass is 201 g/mol. The van der Waals surface area contributed by atoms with E-state index >= 15 is 0 Å². The van der Waals surface area contributed by atoms with Crippen LogP contribution in [0.4, 0.5) is 0 Å². The molecule has 0 N–H and O–H groups in total. The smallest absolute Gasteiger partial charge is 0.164 e. The average molecular weight is 201 g/mol. The first kappa shape index (κ1) is 11.1. The molecule has 0 aliphatic heterocycles. The zero-order valence-electron chi connectivity index (χ0n) is 8.43. The molecule has 0 fully saturated rings. The fraction of sp³-hybridized carbons (Fsp3) is 0.250. The first-order valence-corrected chi connectivity index (χ1v) is 4.63. The van der Waals surface area contributed by atoms with Crippen molar-refractivity contribution in [3.63, 3.8) is 0 Å². The molecule has 1 unspecified atom stereocenters. The van der Waals surface area contributed by atoms with Crippen molar-refractivity contribution in [1.29, 1.82) is 5.26 Å². The summed E-state index contributed by atoms with van der Waals surface area (Å²) in [5, 5.41) is 8.67. The highest BCUT2D eigenvalue weighted by molar-refractivity contribution is 5.99. The lowest BCUT2D eigenvalue weighted by Crippen LogP contribution is -2.14. The molecule has 0 heterocycles. The number of hydrogen-bond acceptors (Lipinski definition) is 3. The van der Waals surface area contributed by atoms with Gasteiger partial charge in [0.15, 0.2) is 5.78 Å². The average Bonchev–Trinajstić information content (AvgIpc) is 2.26. The van der Waals surface area contributed by atoms with Crippen LogP contribution < -0.4 is 0 Å². The molecule has 0 aliphatic rings. The van der Waals surface area contributed by atoms with Gasteiger partial charge in [0, 0.05) is 12.0 Å². The highest BCUT2D eigenvalue weighted by Crippen LogP contribution is 2.10. The summed E-state index contributed by atoms with van der Waals surface area (Å²) in [6.45, 7) is 1.33. The van der Waals surface area contributed by atoms with Crippen LogP contribution in [0.15, 0.2) is 30.3 Å². The van der Waals surface area contributed by atoms with Crippen molar-refractivity contribution in [1.82, 2.24) is 0 Å². The van der Waals surface area contributed by atoms with Crippen LogP contribution in [0.25, 0.3) is 0 Å². The second-order valence-corrected chi connectivity index (χ2v) is 3.29. The molecule has 0 bridgehead atoms. The van der Waals surface area contributed by atoms with E-state index in [2.05, 4.69) is 0 Å². The molecule has 0 saturated carbocycles. The van der Waals surface area contributed by atoms with E-state index in [1.165, 1.54) is 6.92 Å². The number of carbonyl (C=O) groups excluding carboxylic acids is 2. The predicted molar refractivity (Wildman–Crippen MR) is 55.2 cm³/mol. The summed E-state index contributed by atoms with van der Waals surface area (Å²) in [6, 6.07) is 10.5. The summed E-state index contributed by atoms with van der Waals surface area (Å²) in [7, 11) is 0. The molecule has 1 aromatic carbocycles. The van der Waals surface area contributed by atoms with Gasteiger partial charge in [-0.1, -0.05) is 30.3 Å². The van der Waals surface area contributed by atoms with E-state index in [1.807, 2.05) is 12.1 Å². The van der Waals surface area contributed by atoms with Gasteiger partial charge in [0.25, 0.3) is 0 Å². The first-order valence-electron chi connectivity index (χ1n) is 4.63. The second kappa shape index (κ2) is 5.06. The largest absolute Gasteiger partial charge is 0.299 e. The fourth-order valence-corrected chi connectivity index (χ4v) is 1.21. The van der Waals surface area contributed by atoms with Crippen molar-refractivity contribution >= 4 is 11.6 Å². The molecule has 1 atom stereocenters. The van der Waals surface area contributed by atoms with E-state index in [0.29, 0.717) is 5.56 Å². The SMILES string of the molecule is CC(=O)C(C#N)CC(=O)c1ccccc1. The van der Waals surface area contributed by atoms with Crippen molar-refractivity contribution < 1.29 is 9.59 Å². The predicted octanol–water partition coefficient (Wildman–Crippen LogP) is 1.99. The summed E-state index contributed by atoms with van der Waals surface area (Å²) in [4.78, 5) is 22.6. The third-order valence-electron chi connectivity index (χ3n) is 2.13. The Morgan fingerprint density at radius 1 is 1.33 bits per heavy atom. The summed E-state index contributed by atoms with van der Waals surface area (Å²) >= 11 is 0. The highest BCUT2D eigenvalue weighted by Gasteiger charge is 2.18. The molecule has 1 rings (SSSR count). The topological polar surface area (TPSA) is 57.9 Å². The van der Waals surface area contributed by atoms with Crippen LogP contribution in [0.2, 0.25) is 0 Å². The van der Waals surface area contributed by atoms with E-state index in [1.54, 1.807) is 24.3 Å². The van der Waals surface area contributed by atoms with E-state index in [9.17, 15) is 9.59 Å². The third kappa shape index (κ3) is 3.03. The third-order valence-corrected chi connectivity index (χ3v) is 2.13. The van der Waals surface area contributed by atoms with Gasteiger partial charge in [-0.15, -0.1) is 0 Å². The Bertz CT molecular complexity index is 403. The molecule has 15 heavy (non-hydrogen) atoms. The zero-order valence-corrected chi connectivity index (χ0v) is 8.43. The molecule has 0 aliphatic carbocycles. The summed E-state index contributed by atoms with van der Waals surface area (Å²) in [6.07, 6.45) is -0.0319. The molecule has 0 radical (unpaired) electrons. The Hall–Kier alpha value is -1.95. The Morgan fingerprint density at radius 3 is 2.40 bits per heavy atom. The minimum absolute atomic E-state index is 0.0319. The van der Waals surface area contributed by atoms with Crippen molar-refractivity contribution in [2.75, 3.05) is 0 Å². The van der Waals surface area contributed by atoms with Crippen molar-refractivity contribution in [3.05, 3.63) is 35.9 Å². The van der Waals surface area contributed by atoms with E-state index in [0.717, 1.165) is 0 Å². The van der Waals surface area contributed by atoms with Crippen LogP contribution >= 0.6 is 0 Å². The van der Waals surface area contributed by atoms with Crippen LogP contribution in [0.3, 0.4) is 0 Å². The van der Waals surface area contributed by atoms with E-state index in [4.69, 9.17) is 5.26 Å². The maximum Gasteiger partial charge on any atom is 0.164 e. The maximum absolute atomic E-state index is 11.6. The number of nitriles is 1. The second-order valence-electron chi connectivity index (χ2n) is 3.29. The molecular weight excluding hydrogens is 190 g/mol. The van der Waals surface area contributed by atoms with Gasteiger partial charge in [0.2, 0.25) is 0 Å². The quantitative estimate of drug-likeness (QED) is 0.700. The minimum Gasteiger partial charge on any atom is -0.299 e. The van der Waals surface area contributed by atoms with Gasteiger partial charge in [0.1, 0.15) is 11.7 Å². The van der Waals surface area contributed by atoms with Crippen LogP contribution in [0, 0.1) is 17.2 Å². The molecule has 76 valence electrons. The normalized spacial score (nSPS) is 11.5. The molecule has 3 nitrogen and oxygen atoms in total. The lowest BCUT2D eigenvalue weighted by molar-refractivity contribution is -0.119. The number of rotatable bonds is 4. The number of benzene rings is 1. The van der Waals surface area contributed by atoms with Crippen molar-refractivity contribution in [3.8, 4) is 6.07 Å². The number of nitrogens with zero attached hydrogens (tertiary/aromatic N) is 1. The Labute approximate surface area is 88.3 Å². The maximum atomic E-state index is 11.6. The van der Waals surface area contributed by atoms with Crippen LogP contribution in [0.5, 0.6) is 0 Å². The first-order chi connectivity index (χ1) is 7.15. The Balaban J connectivity index is 2.73. The molecule has 0 aromatic heterocycles. The molecular formula is C12H11NO2. The van der Waals surface area contributed by atoms with E-state index in [-0.39, 0.29) is 18.0 Å². The highest BCUT2D eigenvalue weighted by atomic mass is 16.1. The molecule has 0 saturated heterocycles. The van der Waals surface area contributed by atoms with Gasteiger partial charge in [-0.2, -0.15) is 5.26 Å². The Kier molecular flexibility index (Phi) is 3.75. The van der Waals surface area contributed by atoms with Crippen LogP contribution in [-0.4, -0.2) is 11.6 Å². The molecule has 0 spiro atoms. The van der Waals surface area contributed by atoms with Crippen molar-refractivity contribution in [2.45, 2.75) is 13.3 Å². The summed E-state index contributed by atoms with van der Waals surface area (Å²) in [5.74, 6) is -1.25. The van der Waals surface area contributed by atoms with Crippen molar-refractivity contribution in [2.24, 2.45) is 5.92 Å². The van der Waals surface area contributed by atoms with Gasteiger partial charge >= 0.3 is 0 Å². The molecule has 0 amide bonds. The van der Waals surface area contributed by atoms with Crippen LogP contribution in [0.1, 0.15) is 23.7 Å². The number of ketones is 2. The summed E-state index contributed by atoms with van der Waals surface area (Å²) in [5.41, 5.74) is 0.541. The number of carbonyl (C=O) groups is 2. The van der Waals surface area contributed by atoms with Gasteiger partial charge in [-0.3, -0.25) is 9.59 Å².